The molecule has 0 bridgehead atoms. The zero-order chi connectivity index (χ0) is 22.2. The molecule has 4 rings (SSSR count). The van der Waals surface area contributed by atoms with E-state index >= 15 is 0 Å². The zero-order valence-corrected chi connectivity index (χ0v) is 19.0. The molecule has 0 spiro atoms. The number of thioether (sulfide) groups is 1. The van der Waals surface area contributed by atoms with Crippen LogP contribution in [0.25, 0.3) is 5.69 Å². The van der Waals surface area contributed by atoms with Crippen LogP contribution >= 0.6 is 11.8 Å². The number of benzene rings is 2. The number of carbonyl (C=O) groups excluding carboxylic acids is 1. The van der Waals surface area contributed by atoms with Crippen molar-refractivity contribution in [1.29, 1.82) is 0 Å². The molecule has 1 amide bonds. The fourth-order valence-corrected chi connectivity index (χ4v) is 4.57. The molecule has 1 saturated carbocycles. The van der Waals surface area contributed by atoms with Crippen molar-refractivity contribution in [3.63, 3.8) is 0 Å². The average Bonchev–Trinajstić information content (AvgIpc) is 3.25. The van der Waals surface area contributed by atoms with Gasteiger partial charge in [-0.3, -0.25) is 9.36 Å². The summed E-state index contributed by atoms with van der Waals surface area (Å²) < 4.78 is 13.1. The van der Waals surface area contributed by atoms with Gasteiger partial charge in [-0.25, -0.2) is 0 Å². The molecule has 168 valence electrons. The van der Waals surface area contributed by atoms with Crippen molar-refractivity contribution in [3.05, 3.63) is 60.4 Å². The average molecular weight is 453 g/mol. The van der Waals surface area contributed by atoms with Crippen LogP contribution in [0.4, 0.5) is 0 Å². The number of methoxy groups -OCH3 is 1. The summed E-state index contributed by atoms with van der Waals surface area (Å²) in [5.41, 5.74) is 0.887. The van der Waals surface area contributed by atoms with E-state index in [2.05, 4.69) is 15.5 Å². The van der Waals surface area contributed by atoms with Crippen LogP contribution in [-0.4, -0.2) is 39.6 Å². The molecule has 2 aromatic carbocycles. The molecule has 7 nitrogen and oxygen atoms in total. The van der Waals surface area contributed by atoms with Crippen molar-refractivity contribution >= 4 is 17.7 Å². The summed E-state index contributed by atoms with van der Waals surface area (Å²) >= 11 is 1.38. The maximum Gasteiger partial charge on any atom is 0.230 e. The Balaban J connectivity index is 1.48. The molecule has 8 heteroatoms. The summed E-state index contributed by atoms with van der Waals surface area (Å²) in [4.78, 5) is 12.5. The van der Waals surface area contributed by atoms with E-state index in [0.717, 1.165) is 30.0 Å². The lowest BCUT2D eigenvalue weighted by atomic mass is 9.95. The van der Waals surface area contributed by atoms with Gasteiger partial charge in [0.25, 0.3) is 0 Å². The summed E-state index contributed by atoms with van der Waals surface area (Å²) in [5.74, 6) is 2.52. The Labute approximate surface area is 192 Å². The van der Waals surface area contributed by atoms with Crippen molar-refractivity contribution in [2.45, 2.75) is 49.9 Å². The van der Waals surface area contributed by atoms with Gasteiger partial charge >= 0.3 is 0 Å². The number of rotatable bonds is 9. The molecule has 0 atom stereocenters. The topological polar surface area (TPSA) is 78.3 Å². The molecular weight excluding hydrogens is 424 g/mol. The normalized spacial score (nSPS) is 14.2. The van der Waals surface area contributed by atoms with Crippen LogP contribution in [0.5, 0.6) is 11.5 Å². The fourth-order valence-electron chi connectivity index (χ4n) is 3.79. The number of hydrogen-bond acceptors (Lipinski definition) is 6. The molecule has 0 aliphatic heterocycles. The van der Waals surface area contributed by atoms with Crippen LogP contribution in [0.3, 0.4) is 0 Å². The molecule has 1 N–H and O–H groups in total. The molecule has 0 saturated heterocycles. The summed E-state index contributed by atoms with van der Waals surface area (Å²) in [7, 11) is 1.64. The minimum atomic E-state index is 0.0354. The molecule has 1 aromatic heterocycles. The SMILES string of the molecule is COc1ccc(-n2c(COc3ccccc3)nnc2SCC(=O)NC2CCCCC2)cc1. The van der Waals surface area contributed by atoms with Crippen molar-refractivity contribution in [3.8, 4) is 17.2 Å². The number of nitrogens with one attached hydrogen (secondary N) is 1. The van der Waals surface area contributed by atoms with Crippen LogP contribution in [0.15, 0.2) is 59.8 Å². The van der Waals surface area contributed by atoms with E-state index in [1.807, 2.05) is 59.2 Å². The maximum absolute atomic E-state index is 12.5. The van der Waals surface area contributed by atoms with Gasteiger partial charge in [0.15, 0.2) is 11.0 Å². The third-order valence-corrected chi connectivity index (χ3v) is 6.37. The quantitative estimate of drug-likeness (QED) is 0.485. The van der Waals surface area contributed by atoms with Crippen LogP contribution < -0.4 is 14.8 Å². The van der Waals surface area contributed by atoms with Crippen LogP contribution in [-0.2, 0) is 11.4 Å². The summed E-state index contributed by atoms with van der Waals surface area (Å²) in [6, 6.07) is 17.6. The maximum atomic E-state index is 12.5. The first-order valence-electron chi connectivity index (χ1n) is 10.9. The molecule has 32 heavy (non-hydrogen) atoms. The van der Waals surface area contributed by atoms with Gasteiger partial charge in [0.1, 0.15) is 18.1 Å². The van der Waals surface area contributed by atoms with E-state index in [0.29, 0.717) is 22.8 Å². The Hall–Kier alpha value is -3.00. The Kier molecular flexibility index (Phi) is 7.66. The van der Waals surface area contributed by atoms with Gasteiger partial charge in [-0.2, -0.15) is 0 Å². The molecule has 0 unspecified atom stereocenters. The van der Waals surface area contributed by atoms with E-state index in [4.69, 9.17) is 9.47 Å². The summed E-state index contributed by atoms with van der Waals surface area (Å²) in [6.07, 6.45) is 5.78. The number of carbonyl (C=O) groups is 1. The largest absolute Gasteiger partial charge is 0.497 e. The van der Waals surface area contributed by atoms with Gasteiger partial charge < -0.3 is 14.8 Å². The highest BCUT2D eigenvalue weighted by Gasteiger charge is 2.19. The van der Waals surface area contributed by atoms with Crippen molar-refractivity contribution < 1.29 is 14.3 Å². The molecule has 1 heterocycles. The standard InChI is InChI=1S/C24H28N4O3S/c1-30-20-14-12-19(13-15-20)28-22(16-31-21-10-6-3-7-11-21)26-27-24(28)32-17-23(29)25-18-8-4-2-5-9-18/h3,6-7,10-15,18H,2,4-5,8-9,16-17H2,1H3,(H,25,29). The monoisotopic (exact) mass is 452 g/mol. The molecule has 0 radical (unpaired) electrons. The molecular formula is C24H28N4O3S. The van der Waals surface area contributed by atoms with E-state index < -0.39 is 0 Å². The second kappa shape index (κ2) is 11.0. The lowest BCUT2D eigenvalue weighted by Crippen LogP contribution is -2.37. The first kappa shape index (κ1) is 22.2. The Morgan fingerprint density at radius 2 is 1.78 bits per heavy atom. The highest BCUT2D eigenvalue weighted by atomic mass is 32.2. The number of aromatic nitrogens is 3. The van der Waals surface area contributed by atoms with Gasteiger partial charge in [-0.15, -0.1) is 10.2 Å². The lowest BCUT2D eigenvalue weighted by molar-refractivity contribution is -0.119. The van der Waals surface area contributed by atoms with E-state index in [9.17, 15) is 4.79 Å². The zero-order valence-electron chi connectivity index (χ0n) is 18.2. The highest BCUT2D eigenvalue weighted by Crippen LogP contribution is 2.25. The summed E-state index contributed by atoms with van der Waals surface area (Å²) in [5, 5.41) is 12.5. The second-order valence-electron chi connectivity index (χ2n) is 7.73. The number of hydrogen-bond donors (Lipinski definition) is 1. The lowest BCUT2D eigenvalue weighted by Gasteiger charge is -2.22. The van der Waals surface area contributed by atoms with Crippen LogP contribution in [0, 0.1) is 0 Å². The Bertz CT molecular complexity index is 1000. The third-order valence-electron chi connectivity index (χ3n) is 5.44. The van der Waals surface area contributed by atoms with Gasteiger partial charge in [0, 0.05) is 11.7 Å². The minimum absolute atomic E-state index is 0.0354. The van der Waals surface area contributed by atoms with Crippen LogP contribution in [0.2, 0.25) is 0 Å². The molecule has 1 fully saturated rings. The third kappa shape index (κ3) is 5.82. The van der Waals surface area contributed by atoms with E-state index in [1.165, 1.54) is 31.0 Å². The predicted molar refractivity (Wildman–Crippen MR) is 124 cm³/mol. The van der Waals surface area contributed by atoms with Gasteiger partial charge in [0.05, 0.1) is 12.9 Å². The van der Waals surface area contributed by atoms with Crippen molar-refractivity contribution in [1.82, 2.24) is 20.1 Å². The van der Waals surface area contributed by atoms with Crippen molar-refractivity contribution in [2.24, 2.45) is 0 Å². The number of para-hydroxylation sites is 1. The van der Waals surface area contributed by atoms with Gasteiger partial charge in [-0.05, 0) is 49.2 Å². The van der Waals surface area contributed by atoms with E-state index in [1.54, 1.807) is 7.11 Å². The first-order chi connectivity index (χ1) is 15.7. The fraction of sp³-hybridized carbons (Fsp3) is 0.375. The van der Waals surface area contributed by atoms with Gasteiger partial charge in [-0.1, -0.05) is 49.2 Å². The summed E-state index contributed by atoms with van der Waals surface area (Å²) in [6.45, 7) is 0.262. The highest BCUT2D eigenvalue weighted by molar-refractivity contribution is 7.99. The van der Waals surface area contributed by atoms with Gasteiger partial charge in [0.2, 0.25) is 5.91 Å². The first-order valence-corrected chi connectivity index (χ1v) is 11.9. The number of ether oxygens (including phenoxy) is 2. The Morgan fingerprint density at radius 3 is 2.50 bits per heavy atom. The number of nitrogens with zero attached hydrogens (tertiary/aromatic N) is 3. The van der Waals surface area contributed by atoms with Crippen LogP contribution in [0.1, 0.15) is 37.9 Å². The van der Waals surface area contributed by atoms with E-state index in [-0.39, 0.29) is 12.5 Å². The predicted octanol–water partition coefficient (Wildman–Crippen LogP) is 4.40. The second-order valence-corrected chi connectivity index (χ2v) is 8.67. The number of amides is 1. The molecule has 3 aromatic rings. The molecule has 1 aliphatic rings. The minimum Gasteiger partial charge on any atom is -0.497 e. The smallest absolute Gasteiger partial charge is 0.230 e. The Morgan fingerprint density at radius 1 is 1.03 bits per heavy atom. The molecule has 1 aliphatic carbocycles. The van der Waals surface area contributed by atoms with Crippen molar-refractivity contribution in [2.75, 3.05) is 12.9 Å².